The number of nitrogens with zero attached hydrogens (tertiary/aromatic N) is 2. The van der Waals surface area contributed by atoms with Crippen molar-refractivity contribution in [3.8, 4) is 5.75 Å². The van der Waals surface area contributed by atoms with Crippen LogP contribution in [0.15, 0.2) is 18.2 Å². The van der Waals surface area contributed by atoms with Crippen molar-refractivity contribution in [1.29, 1.82) is 0 Å². The largest absolute Gasteiger partial charge is 0.487 e. The van der Waals surface area contributed by atoms with Gasteiger partial charge in [-0.05, 0) is 34.0 Å². The zero-order valence-electron chi connectivity index (χ0n) is 11.8. The molecule has 1 N–H and O–H groups in total. The summed E-state index contributed by atoms with van der Waals surface area (Å²) in [5.41, 5.74) is 0.816. The lowest BCUT2D eigenvalue weighted by molar-refractivity contribution is -0.385. The highest BCUT2D eigenvalue weighted by molar-refractivity contribution is 5.58. The van der Waals surface area contributed by atoms with Crippen molar-refractivity contribution in [3.05, 3.63) is 28.3 Å². The molecule has 0 saturated heterocycles. The van der Waals surface area contributed by atoms with Crippen molar-refractivity contribution in [2.45, 2.75) is 19.9 Å². The topological polar surface area (TPSA) is 67.6 Å². The summed E-state index contributed by atoms with van der Waals surface area (Å²) < 4.78 is 5.30. The van der Waals surface area contributed by atoms with Crippen LogP contribution in [-0.4, -0.2) is 43.1 Å². The predicted molar refractivity (Wildman–Crippen MR) is 75.9 cm³/mol. The van der Waals surface area contributed by atoms with Crippen molar-refractivity contribution in [3.63, 3.8) is 0 Å². The second kappa shape index (κ2) is 6.94. The second-order valence-corrected chi connectivity index (χ2v) is 4.57. The number of benzene rings is 1. The van der Waals surface area contributed by atoms with E-state index in [0.29, 0.717) is 18.4 Å². The van der Waals surface area contributed by atoms with E-state index in [9.17, 15) is 10.1 Å². The van der Waals surface area contributed by atoms with E-state index in [1.54, 1.807) is 19.1 Å². The van der Waals surface area contributed by atoms with Crippen LogP contribution in [0.2, 0.25) is 0 Å². The molecule has 19 heavy (non-hydrogen) atoms. The minimum Gasteiger partial charge on any atom is -0.487 e. The normalized spacial score (nSPS) is 12.3. The van der Waals surface area contributed by atoms with Gasteiger partial charge in [0, 0.05) is 30.4 Å². The number of nitro benzene ring substituents is 1. The van der Waals surface area contributed by atoms with Gasteiger partial charge in [-0.3, -0.25) is 10.1 Å². The molecular formula is C13H21N3O3. The van der Waals surface area contributed by atoms with Crippen LogP contribution in [0, 0.1) is 10.1 Å². The fraction of sp³-hybridized carbons (Fsp3) is 0.538. The van der Waals surface area contributed by atoms with Crippen LogP contribution >= 0.6 is 0 Å². The predicted octanol–water partition coefficient (Wildman–Crippen LogP) is 2.36. The molecule has 0 aliphatic heterocycles. The Morgan fingerprint density at radius 2 is 2.16 bits per heavy atom. The number of nitrogens with one attached hydrogen (secondary N) is 1. The van der Waals surface area contributed by atoms with Gasteiger partial charge in [-0.1, -0.05) is 0 Å². The molecule has 0 spiro atoms. The van der Waals surface area contributed by atoms with Crippen LogP contribution in [0.3, 0.4) is 0 Å². The van der Waals surface area contributed by atoms with E-state index >= 15 is 0 Å². The summed E-state index contributed by atoms with van der Waals surface area (Å²) in [6.45, 7) is 5.06. The first-order valence-electron chi connectivity index (χ1n) is 6.27. The molecule has 0 radical (unpaired) electrons. The molecule has 0 amide bonds. The highest BCUT2D eigenvalue weighted by Gasteiger charge is 2.15. The highest BCUT2D eigenvalue weighted by atomic mass is 16.6. The quantitative estimate of drug-likeness (QED) is 0.606. The number of rotatable bonds is 7. The molecule has 1 aromatic carbocycles. The number of hydrogen-bond acceptors (Lipinski definition) is 5. The first-order chi connectivity index (χ1) is 8.95. The summed E-state index contributed by atoms with van der Waals surface area (Å²) in [6, 6.07) is 5.20. The van der Waals surface area contributed by atoms with Crippen LogP contribution in [0.25, 0.3) is 0 Å². The summed E-state index contributed by atoms with van der Waals surface area (Å²) in [4.78, 5) is 12.5. The lowest BCUT2D eigenvalue weighted by Crippen LogP contribution is -2.31. The van der Waals surface area contributed by atoms with Gasteiger partial charge in [-0.25, -0.2) is 0 Å². The van der Waals surface area contributed by atoms with Crippen molar-refractivity contribution in [2.24, 2.45) is 0 Å². The minimum absolute atomic E-state index is 0.00643. The maximum atomic E-state index is 10.9. The van der Waals surface area contributed by atoms with Crippen molar-refractivity contribution in [1.82, 2.24) is 4.90 Å². The second-order valence-electron chi connectivity index (χ2n) is 4.57. The van der Waals surface area contributed by atoms with Crippen LogP contribution in [0.5, 0.6) is 5.75 Å². The zero-order valence-corrected chi connectivity index (χ0v) is 11.8. The van der Waals surface area contributed by atoms with Crippen molar-refractivity contribution in [2.75, 3.05) is 32.6 Å². The third kappa shape index (κ3) is 4.40. The van der Waals surface area contributed by atoms with Gasteiger partial charge in [0.15, 0.2) is 5.75 Å². The van der Waals surface area contributed by atoms with E-state index in [1.165, 1.54) is 6.07 Å². The van der Waals surface area contributed by atoms with E-state index < -0.39 is 4.92 Å². The Kier molecular flexibility index (Phi) is 5.57. The van der Waals surface area contributed by atoms with Crippen molar-refractivity contribution >= 4 is 11.4 Å². The third-order valence-corrected chi connectivity index (χ3v) is 2.94. The standard InChI is InChI=1S/C13H21N3O3/c1-5-19-13-8-11(6-7-12(13)16(17)18)14-9-10(2)15(3)4/h6-8,10,14H,5,9H2,1-4H3. The molecule has 0 aliphatic carbocycles. The molecule has 0 aromatic heterocycles. The van der Waals surface area contributed by atoms with E-state index in [2.05, 4.69) is 17.1 Å². The van der Waals surface area contributed by atoms with Crippen molar-refractivity contribution < 1.29 is 9.66 Å². The fourth-order valence-electron chi connectivity index (χ4n) is 1.49. The fourth-order valence-corrected chi connectivity index (χ4v) is 1.49. The van der Waals surface area contributed by atoms with E-state index in [0.717, 1.165) is 12.2 Å². The van der Waals surface area contributed by atoms with Gasteiger partial charge in [0.05, 0.1) is 11.5 Å². The summed E-state index contributed by atoms with van der Waals surface area (Å²) in [7, 11) is 4.02. The molecular weight excluding hydrogens is 246 g/mol. The molecule has 106 valence electrons. The molecule has 1 unspecified atom stereocenters. The van der Waals surface area contributed by atoms with Gasteiger partial charge in [0.25, 0.3) is 0 Å². The Morgan fingerprint density at radius 3 is 2.68 bits per heavy atom. The van der Waals surface area contributed by atoms with E-state index in [4.69, 9.17) is 4.74 Å². The Morgan fingerprint density at radius 1 is 1.47 bits per heavy atom. The van der Waals surface area contributed by atoms with Crippen LogP contribution in [-0.2, 0) is 0 Å². The summed E-state index contributed by atoms with van der Waals surface area (Å²) in [6.07, 6.45) is 0. The van der Waals surface area contributed by atoms with Crippen LogP contribution in [0.4, 0.5) is 11.4 Å². The molecule has 0 fully saturated rings. The number of likely N-dealkylation sites (N-methyl/N-ethyl adjacent to an activating group) is 1. The number of hydrogen-bond donors (Lipinski definition) is 1. The average molecular weight is 267 g/mol. The van der Waals surface area contributed by atoms with Crippen LogP contribution in [0.1, 0.15) is 13.8 Å². The zero-order chi connectivity index (χ0) is 14.4. The molecule has 1 rings (SSSR count). The molecule has 6 nitrogen and oxygen atoms in total. The smallest absolute Gasteiger partial charge is 0.311 e. The van der Waals surface area contributed by atoms with Crippen LogP contribution < -0.4 is 10.1 Å². The third-order valence-electron chi connectivity index (χ3n) is 2.94. The Bertz CT molecular complexity index is 435. The first-order valence-corrected chi connectivity index (χ1v) is 6.27. The first kappa shape index (κ1) is 15.2. The highest BCUT2D eigenvalue weighted by Crippen LogP contribution is 2.30. The Balaban J connectivity index is 2.80. The van der Waals surface area contributed by atoms with Gasteiger partial charge in [0.1, 0.15) is 0 Å². The van der Waals surface area contributed by atoms with Gasteiger partial charge >= 0.3 is 5.69 Å². The lowest BCUT2D eigenvalue weighted by atomic mass is 10.2. The van der Waals surface area contributed by atoms with Gasteiger partial charge in [-0.15, -0.1) is 0 Å². The Hall–Kier alpha value is -1.82. The lowest BCUT2D eigenvalue weighted by Gasteiger charge is -2.20. The monoisotopic (exact) mass is 267 g/mol. The minimum atomic E-state index is -0.433. The molecule has 0 aliphatic rings. The maximum Gasteiger partial charge on any atom is 0.311 e. The van der Waals surface area contributed by atoms with Gasteiger partial charge in [-0.2, -0.15) is 0 Å². The van der Waals surface area contributed by atoms with Gasteiger partial charge < -0.3 is 15.0 Å². The molecule has 1 aromatic rings. The average Bonchev–Trinajstić information content (AvgIpc) is 2.36. The molecule has 0 bridgehead atoms. The summed E-state index contributed by atoms with van der Waals surface area (Å²) >= 11 is 0. The summed E-state index contributed by atoms with van der Waals surface area (Å²) in [5, 5.41) is 14.1. The van der Waals surface area contributed by atoms with E-state index in [1.807, 2.05) is 14.1 Å². The maximum absolute atomic E-state index is 10.9. The molecule has 1 atom stereocenters. The van der Waals surface area contributed by atoms with Gasteiger partial charge in [0.2, 0.25) is 0 Å². The number of anilines is 1. The Labute approximate surface area is 113 Å². The summed E-state index contributed by atoms with van der Waals surface area (Å²) in [5.74, 6) is 0.301. The SMILES string of the molecule is CCOc1cc(NCC(C)N(C)C)ccc1[N+](=O)[O-]. The number of ether oxygens (including phenoxy) is 1. The molecule has 6 heteroatoms. The molecule has 0 saturated carbocycles. The van der Waals surface area contributed by atoms with E-state index in [-0.39, 0.29) is 5.69 Å². The number of nitro groups is 1. The molecule has 0 heterocycles.